The molecule has 1 fully saturated rings. The van der Waals surface area contributed by atoms with E-state index in [0.29, 0.717) is 35.1 Å². The molecule has 1 aromatic heterocycles. The molecule has 7 nitrogen and oxygen atoms in total. The first kappa shape index (κ1) is 16.3. The largest absolute Gasteiger partial charge is 0.496 e. The van der Waals surface area contributed by atoms with Crippen molar-refractivity contribution in [3.8, 4) is 23.1 Å². The molecule has 128 valence electrons. The van der Waals surface area contributed by atoms with E-state index in [1.54, 1.807) is 44.7 Å². The minimum atomic E-state index is 0.412. The van der Waals surface area contributed by atoms with Crippen LogP contribution in [0, 0.1) is 0 Å². The summed E-state index contributed by atoms with van der Waals surface area (Å²) in [5.41, 5.74) is 0. The second-order valence-corrected chi connectivity index (χ2v) is 5.65. The lowest BCUT2D eigenvalue weighted by atomic mass is 10.2. The topological polar surface area (TPSA) is 68.7 Å². The van der Waals surface area contributed by atoms with Gasteiger partial charge in [-0.15, -0.1) is 0 Å². The van der Waals surface area contributed by atoms with Crippen molar-refractivity contribution in [1.29, 1.82) is 0 Å². The van der Waals surface area contributed by atoms with E-state index in [0.717, 1.165) is 19.6 Å². The molecule has 2 heterocycles. The number of nitrogens with zero attached hydrogens (tertiary/aromatic N) is 3. The molecule has 0 saturated carbocycles. The van der Waals surface area contributed by atoms with Gasteiger partial charge in [-0.05, 0) is 6.92 Å². The van der Waals surface area contributed by atoms with Crippen LogP contribution in [0.5, 0.6) is 23.1 Å². The van der Waals surface area contributed by atoms with Gasteiger partial charge in [-0.1, -0.05) is 0 Å². The number of hydrogen-bond acceptors (Lipinski definition) is 7. The summed E-state index contributed by atoms with van der Waals surface area (Å²) in [5, 5.41) is 3.41. The van der Waals surface area contributed by atoms with Crippen molar-refractivity contribution in [1.82, 2.24) is 15.3 Å². The van der Waals surface area contributed by atoms with Crippen molar-refractivity contribution in [2.24, 2.45) is 0 Å². The summed E-state index contributed by atoms with van der Waals surface area (Å²) in [6.45, 7) is 4.81. The third-order valence-electron chi connectivity index (χ3n) is 3.82. The van der Waals surface area contributed by atoms with Gasteiger partial charge >= 0.3 is 0 Å². The van der Waals surface area contributed by atoms with Crippen molar-refractivity contribution in [3.05, 3.63) is 30.5 Å². The summed E-state index contributed by atoms with van der Waals surface area (Å²) >= 11 is 0. The smallest absolute Gasteiger partial charge is 0.228 e. The highest BCUT2D eigenvalue weighted by Crippen LogP contribution is 2.30. The maximum Gasteiger partial charge on any atom is 0.228 e. The summed E-state index contributed by atoms with van der Waals surface area (Å²) < 4.78 is 16.4. The zero-order valence-corrected chi connectivity index (χ0v) is 14.2. The molecule has 1 atom stereocenters. The fourth-order valence-corrected chi connectivity index (χ4v) is 2.62. The van der Waals surface area contributed by atoms with Crippen molar-refractivity contribution >= 4 is 5.95 Å². The van der Waals surface area contributed by atoms with Crippen LogP contribution in [-0.2, 0) is 0 Å². The van der Waals surface area contributed by atoms with Crippen LogP contribution in [-0.4, -0.2) is 49.9 Å². The van der Waals surface area contributed by atoms with Gasteiger partial charge in [0.25, 0.3) is 0 Å². The maximum absolute atomic E-state index is 5.87. The summed E-state index contributed by atoms with van der Waals surface area (Å²) in [6, 6.07) is 7.52. The second-order valence-electron chi connectivity index (χ2n) is 5.65. The number of benzene rings is 1. The molecule has 0 unspecified atom stereocenters. The molecular weight excluding hydrogens is 308 g/mol. The van der Waals surface area contributed by atoms with Crippen LogP contribution >= 0.6 is 0 Å². The monoisotopic (exact) mass is 330 g/mol. The molecule has 3 rings (SSSR count). The molecular formula is C17H22N4O3. The van der Waals surface area contributed by atoms with Crippen LogP contribution in [0.1, 0.15) is 6.92 Å². The highest BCUT2D eigenvalue weighted by Gasteiger charge is 2.18. The highest BCUT2D eigenvalue weighted by atomic mass is 16.5. The lowest BCUT2D eigenvalue weighted by molar-refractivity contribution is 0.384. The SMILES string of the molecule is COc1cc(OC)cc(Oc2ccnc(N3CCN[C@@H](C)C3)n2)c1. The van der Waals surface area contributed by atoms with Crippen molar-refractivity contribution in [2.45, 2.75) is 13.0 Å². The predicted octanol–water partition coefficient (Wildman–Crippen LogP) is 2.08. The molecule has 1 aromatic carbocycles. The van der Waals surface area contributed by atoms with E-state index < -0.39 is 0 Å². The molecule has 1 saturated heterocycles. The molecule has 0 aliphatic carbocycles. The van der Waals surface area contributed by atoms with Crippen LogP contribution in [0.15, 0.2) is 30.5 Å². The average Bonchev–Trinajstić information content (AvgIpc) is 2.61. The Morgan fingerprint density at radius 1 is 1.12 bits per heavy atom. The van der Waals surface area contributed by atoms with Gasteiger partial charge in [-0.2, -0.15) is 4.98 Å². The zero-order chi connectivity index (χ0) is 16.9. The van der Waals surface area contributed by atoms with E-state index in [2.05, 4.69) is 27.1 Å². The van der Waals surface area contributed by atoms with Gasteiger partial charge in [0, 0.05) is 56.1 Å². The van der Waals surface area contributed by atoms with E-state index in [1.165, 1.54) is 0 Å². The predicted molar refractivity (Wildman–Crippen MR) is 91.3 cm³/mol. The molecule has 7 heteroatoms. The van der Waals surface area contributed by atoms with Crippen LogP contribution in [0.25, 0.3) is 0 Å². The summed E-state index contributed by atoms with van der Waals surface area (Å²) in [5.74, 6) is 3.09. The van der Waals surface area contributed by atoms with Crippen LogP contribution in [0.4, 0.5) is 5.95 Å². The Balaban J connectivity index is 1.79. The average molecular weight is 330 g/mol. The van der Waals surface area contributed by atoms with Gasteiger partial charge in [-0.3, -0.25) is 0 Å². The molecule has 2 aromatic rings. The Labute approximate surface area is 141 Å². The Hall–Kier alpha value is -2.54. The van der Waals surface area contributed by atoms with Gasteiger partial charge in [0.2, 0.25) is 11.8 Å². The van der Waals surface area contributed by atoms with Gasteiger partial charge in [0.05, 0.1) is 14.2 Å². The minimum Gasteiger partial charge on any atom is -0.496 e. The van der Waals surface area contributed by atoms with E-state index in [-0.39, 0.29) is 0 Å². The van der Waals surface area contributed by atoms with Gasteiger partial charge in [0.1, 0.15) is 17.2 Å². The summed E-state index contributed by atoms with van der Waals surface area (Å²) in [7, 11) is 3.21. The normalized spacial score (nSPS) is 17.5. The molecule has 1 aliphatic heterocycles. The molecule has 0 radical (unpaired) electrons. The molecule has 1 N–H and O–H groups in total. The van der Waals surface area contributed by atoms with Gasteiger partial charge in [0.15, 0.2) is 0 Å². The van der Waals surface area contributed by atoms with Crippen LogP contribution in [0.3, 0.4) is 0 Å². The van der Waals surface area contributed by atoms with Crippen molar-refractivity contribution in [2.75, 3.05) is 38.8 Å². The fourth-order valence-electron chi connectivity index (χ4n) is 2.62. The van der Waals surface area contributed by atoms with E-state index in [1.807, 2.05) is 0 Å². The number of rotatable bonds is 5. The van der Waals surface area contributed by atoms with Crippen molar-refractivity contribution < 1.29 is 14.2 Å². The Kier molecular flexibility index (Phi) is 5.00. The van der Waals surface area contributed by atoms with E-state index >= 15 is 0 Å². The zero-order valence-electron chi connectivity index (χ0n) is 14.2. The third kappa shape index (κ3) is 3.86. The summed E-state index contributed by atoms with van der Waals surface area (Å²) in [6.07, 6.45) is 1.71. The Morgan fingerprint density at radius 3 is 2.50 bits per heavy atom. The van der Waals surface area contributed by atoms with Gasteiger partial charge in [-0.25, -0.2) is 4.98 Å². The van der Waals surface area contributed by atoms with E-state index in [4.69, 9.17) is 14.2 Å². The first-order valence-corrected chi connectivity index (χ1v) is 7.90. The number of methoxy groups -OCH3 is 2. The number of hydrogen-bond donors (Lipinski definition) is 1. The first-order valence-electron chi connectivity index (χ1n) is 7.90. The molecule has 0 spiro atoms. The summed E-state index contributed by atoms with van der Waals surface area (Å²) in [4.78, 5) is 11.0. The third-order valence-corrected chi connectivity index (χ3v) is 3.82. The number of piperazine rings is 1. The molecule has 0 bridgehead atoms. The minimum absolute atomic E-state index is 0.412. The van der Waals surface area contributed by atoms with E-state index in [9.17, 15) is 0 Å². The number of ether oxygens (including phenoxy) is 3. The fraction of sp³-hybridized carbons (Fsp3) is 0.412. The molecule has 1 aliphatic rings. The molecule has 24 heavy (non-hydrogen) atoms. The second kappa shape index (κ2) is 7.35. The van der Waals surface area contributed by atoms with Crippen LogP contribution in [0.2, 0.25) is 0 Å². The number of aromatic nitrogens is 2. The number of nitrogens with one attached hydrogen (secondary N) is 1. The number of anilines is 1. The highest BCUT2D eigenvalue weighted by molar-refractivity contribution is 5.43. The maximum atomic E-state index is 5.87. The lowest BCUT2D eigenvalue weighted by Crippen LogP contribution is -2.49. The molecule has 0 amide bonds. The van der Waals surface area contributed by atoms with Crippen molar-refractivity contribution in [3.63, 3.8) is 0 Å². The quantitative estimate of drug-likeness (QED) is 0.900. The van der Waals surface area contributed by atoms with Gasteiger partial charge < -0.3 is 24.4 Å². The van der Waals surface area contributed by atoms with Crippen LogP contribution < -0.4 is 24.4 Å². The lowest BCUT2D eigenvalue weighted by Gasteiger charge is -2.31. The Bertz CT molecular complexity index is 673. The standard InChI is InChI=1S/C17H22N4O3/c1-12-11-21(7-6-18-12)17-19-5-4-16(20-17)24-15-9-13(22-2)8-14(10-15)23-3/h4-5,8-10,12,18H,6-7,11H2,1-3H3/t12-/m0/s1. The Morgan fingerprint density at radius 2 is 1.83 bits per heavy atom. The first-order chi connectivity index (χ1) is 11.7.